The van der Waals surface area contributed by atoms with Crippen LogP contribution in [0.2, 0.25) is 0 Å². The van der Waals surface area contributed by atoms with Crippen LogP contribution in [-0.2, 0) is 28.6 Å². The van der Waals surface area contributed by atoms with Crippen molar-refractivity contribution in [3.8, 4) is 0 Å². The van der Waals surface area contributed by atoms with Crippen molar-refractivity contribution in [2.24, 2.45) is 5.92 Å². The van der Waals surface area contributed by atoms with Gasteiger partial charge in [0.2, 0.25) is 0 Å². The van der Waals surface area contributed by atoms with Gasteiger partial charge < -0.3 is 14.2 Å². The van der Waals surface area contributed by atoms with E-state index >= 15 is 0 Å². The molecule has 0 bridgehead atoms. The predicted molar refractivity (Wildman–Crippen MR) is 192 cm³/mol. The Labute approximate surface area is 285 Å². The second kappa shape index (κ2) is 34.7. The van der Waals surface area contributed by atoms with Gasteiger partial charge in [-0.15, -0.1) is 0 Å². The van der Waals surface area contributed by atoms with E-state index in [-0.39, 0.29) is 31.1 Å². The summed E-state index contributed by atoms with van der Waals surface area (Å²) < 4.78 is 16.6. The van der Waals surface area contributed by atoms with Crippen LogP contribution in [0.4, 0.5) is 0 Å². The summed E-state index contributed by atoms with van der Waals surface area (Å²) in [5.41, 5.74) is 0. The van der Waals surface area contributed by atoms with Gasteiger partial charge in [-0.05, 0) is 25.2 Å². The molecule has 0 aromatic carbocycles. The van der Waals surface area contributed by atoms with Crippen molar-refractivity contribution in [3.05, 3.63) is 0 Å². The largest absolute Gasteiger partial charge is 0.462 e. The third kappa shape index (κ3) is 33.8. The maximum absolute atomic E-state index is 12.6. The molecular weight excluding hydrogens is 576 g/mol. The molecule has 0 aromatic heterocycles. The molecule has 0 aliphatic heterocycles. The normalized spacial score (nSPS) is 11.9. The number of hydrogen-bond acceptors (Lipinski definition) is 6. The zero-order valence-electron chi connectivity index (χ0n) is 31.0. The van der Waals surface area contributed by atoms with E-state index in [1.165, 1.54) is 109 Å². The van der Waals surface area contributed by atoms with E-state index in [2.05, 4.69) is 27.7 Å². The Morgan fingerprint density at radius 1 is 0.413 bits per heavy atom. The highest BCUT2D eigenvalue weighted by molar-refractivity contribution is 5.71. The summed E-state index contributed by atoms with van der Waals surface area (Å²) >= 11 is 0. The Balaban J connectivity index is 4.35. The number of rotatable bonds is 35. The fourth-order valence-corrected chi connectivity index (χ4v) is 5.74. The molecular formula is C40H76O6. The topological polar surface area (TPSA) is 78.9 Å². The van der Waals surface area contributed by atoms with Crippen LogP contribution in [0.1, 0.15) is 214 Å². The zero-order valence-corrected chi connectivity index (χ0v) is 31.0. The summed E-state index contributed by atoms with van der Waals surface area (Å²) in [6.07, 6.45) is 31.0. The standard InChI is InChI=1S/C40H76O6/c1-5-7-9-11-13-15-17-18-23-27-31-38(41)44-34-37(46-40(43)33-29-25-19-16-14-12-10-8-6-2)35-45-39(42)32-28-24-21-20-22-26-30-36(3)4/h36-37H,5-35H2,1-4H3/t37-/m1/s1. The number of carbonyl (C=O) groups is 3. The van der Waals surface area contributed by atoms with E-state index in [0.717, 1.165) is 63.7 Å². The zero-order chi connectivity index (χ0) is 33.9. The van der Waals surface area contributed by atoms with Gasteiger partial charge in [-0.2, -0.15) is 0 Å². The lowest BCUT2D eigenvalue weighted by molar-refractivity contribution is -0.167. The van der Waals surface area contributed by atoms with Crippen LogP contribution in [0.15, 0.2) is 0 Å². The molecule has 0 amide bonds. The Bertz CT molecular complexity index is 691. The molecule has 0 unspecified atom stereocenters. The average molecular weight is 653 g/mol. The average Bonchev–Trinajstić information content (AvgIpc) is 3.03. The predicted octanol–water partition coefficient (Wildman–Crippen LogP) is 12.0. The van der Waals surface area contributed by atoms with E-state index in [9.17, 15) is 14.4 Å². The smallest absolute Gasteiger partial charge is 0.306 e. The van der Waals surface area contributed by atoms with Gasteiger partial charge in [-0.25, -0.2) is 0 Å². The summed E-state index contributed by atoms with van der Waals surface area (Å²) in [4.78, 5) is 37.3. The minimum atomic E-state index is -0.757. The minimum absolute atomic E-state index is 0.0657. The molecule has 0 N–H and O–H groups in total. The highest BCUT2D eigenvalue weighted by Gasteiger charge is 2.19. The first-order chi connectivity index (χ1) is 22.4. The van der Waals surface area contributed by atoms with Crippen LogP contribution in [0.3, 0.4) is 0 Å². The lowest BCUT2D eigenvalue weighted by atomic mass is 10.0. The maximum atomic E-state index is 12.6. The van der Waals surface area contributed by atoms with Crippen LogP contribution in [0.5, 0.6) is 0 Å². The molecule has 46 heavy (non-hydrogen) atoms. The van der Waals surface area contributed by atoms with Crippen molar-refractivity contribution in [2.75, 3.05) is 13.2 Å². The first-order valence-corrected chi connectivity index (χ1v) is 19.9. The van der Waals surface area contributed by atoms with E-state index in [4.69, 9.17) is 14.2 Å². The monoisotopic (exact) mass is 653 g/mol. The quantitative estimate of drug-likeness (QED) is 0.0385. The molecule has 272 valence electrons. The summed E-state index contributed by atoms with van der Waals surface area (Å²) in [5, 5.41) is 0. The first kappa shape index (κ1) is 44.4. The van der Waals surface area contributed by atoms with Crippen molar-refractivity contribution < 1.29 is 28.6 Å². The molecule has 0 heterocycles. The number of ether oxygens (including phenoxy) is 3. The SMILES string of the molecule is CCCCCCCCCCCCC(=O)OC[C@H](COC(=O)CCCCCCCCC(C)C)OC(=O)CCCCCCCCCCC. The van der Waals surface area contributed by atoms with Gasteiger partial charge in [-0.1, -0.05) is 175 Å². The Hall–Kier alpha value is -1.59. The molecule has 0 aliphatic rings. The molecule has 0 rings (SSSR count). The van der Waals surface area contributed by atoms with Crippen LogP contribution in [-0.4, -0.2) is 37.2 Å². The van der Waals surface area contributed by atoms with E-state index < -0.39 is 6.10 Å². The van der Waals surface area contributed by atoms with Crippen molar-refractivity contribution in [1.29, 1.82) is 0 Å². The van der Waals surface area contributed by atoms with Crippen LogP contribution < -0.4 is 0 Å². The van der Waals surface area contributed by atoms with Crippen LogP contribution in [0.25, 0.3) is 0 Å². The molecule has 1 atom stereocenters. The van der Waals surface area contributed by atoms with E-state index in [1.54, 1.807) is 0 Å². The van der Waals surface area contributed by atoms with Gasteiger partial charge >= 0.3 is 17.9 Å². The fraction of sp³-hybridized carbons (Fsp3) is 0.925. The maximum Gasteiger partial charge on any atom is 0.306 e. The number of unbranched alkanes of at least 4 members (excludes halogenated alkanes) is 22. The number of esters is 3. The summed E-state index contributed by atoms with van der Waals surface area (Å²) in [6.45, 7) is 8.87. The van der Waals surface area contributed by atoms with Crippen molar-refractivity contribution >= 4 is 17.9 Å². The Morgan fingerprint density at radius 2 is 0.717 bits per heavy atom. The van der Waals surface area contributed by atoms with Gasteiger partial charge in [0.15, 0.2) is 6.10 Å². The highest BCUT2D eigenvalue weighted by atomic mass is 16.6. The first-order valence-electron chi connectivity index (χ1n) is 19.9. The van der Waals surface area contributed by atoms with Crippen LogP contribution in [0, 0.1) is 5.92 Å². The van der Waals surface area contributed by atoms with Crippen molar-refractivity contribution in [1.82, 2.24) is 0 Å². The molecule has 0 fully saturated rings. The lowest BCUT2D eigenvalue weighted by Crippen LogP contribution is -2.30. The number of carbonyl (C=O) groups excluding carboxylic acids is 3. The third-order valence-electron chi connectivity index (χ3n) is 8.79. The van der Waals surface area contributed by atoms with Crippen molar-refractivity contribution in [2.45, 2.75) is 220 Å². The Kier molecular flexibility index (Phi) is 33.5. The second-order valence-electron chi connectivity index (χ2n) is 14.0. The second-order valence-corrected chi connectivity index (χ2v) is 14.0. The number of hydrogen-bond donors (Lipinski definition) is 0. The molecule has 0 spiro atoms. The molecule has 6 nitrogen and oxygen atoms in total. The van der Waals surface area contributed by atoms with Gasteiger partial charge in [-0.3, -0.25) is 14.4 Å². The molecule has 0 aromatic rings. The Morgan fingerprint density at radius 3 is 1.07 bits per heavy atom. The van der Waals surface area contributed by atoms with E-state index in [0.29, 0.717) is 19.3 Å². The highest BCUT2D eigenvalue weighted by Crippen LogP contribution is 2.15. The summed E-state index contributed by atoms with van der Waals surface area (Å²) in [5.74, 6) is -0.108. The fourth-order valence-electron chi connectivity index (χ4n) is 5.74. The summed E-state index contributed by atoms with van der Waals surface area (Å²) in [7, 11) is 0. The third-order valence-corrected chi connectivity index (χ3v) is 8.79. The van der Waals surface area contributed by atoms with Crippen molar-refractivity contribution in [3.63, 3.8) is 0 Å². The lowest BCUT2D eigenvalue weighted by Gasteiger charge is -2.18. The molecule has 6 heteroatoms. The van der Waals surface area contributed by atoms with Gasteiger partial charge in [0.05, 0.1) is 0 Å². The molecule has 0 saturated heterocycles. The van der Waals surface area contributed by atoms with Gasteiger partial charge in [0.1, 0.15) is 13.2 Å². The molecule has 0 aliphatic carbocycles. The summed E-state index contributed by atoms with van der Waals surface area (Å²) in [6, 6.07) is 0. The molecule has 0 saturated carbocycles. The van der Waals surface area contributed by atoms with Gasteiger partial charge in [0, 0.05) is 19.3 Å². The molecule has 0 radical (unpaired) electrons. The van der Waals surface area contributed by atoms with Gasteiger partial charge in [0.25, 0.3) is 0 Å². The van der Waals surface area contributed by atoms with E-state index in [1.807, 2.05) is 0 Å². The minimum Gasteiger partial charge on any atom is -0.462 e. The van der Waals surface area contributed by atoms with Crippen LogP contribution >= 0.6 is 0 Å².